The summed E-state index contributed by atoms with van der Waals surface area (Å²) in [6.07, 6.45) is 6.53. The number of likely N-dealkylation sites (tertiary alicyclic amines) is 1. The maximum atomic E-state index is 12.8. The Morgan fingerprint density at radius 2 is 1.57 bits per heavy atom. The number of hydrogen-bond donors (Lipinski definition) is 0. The van der Waals surface area contributed by atoms with Crippen molar-refractivity contribution in [2.24, 2.45) is 5.10 Å². The topological polar surface area (TPSA) is 53.0 Å². The minimum absolute atomic E-state index is 0.000307. The van der Waals surface area contributed by atoms with Crippen LogP contribution in [0.5, 0.6) is 0 Å². The first-order valence-corrected chi connectivity index (χ1v) is 8.50. The molecule has 0 radical (unpaired) electrons. The molecule has 0 N–H and O–H groups in total. The van der Waals surface area contributed by atoms with Crippen LogP contribution < -0.4 is 5.01 Å². The number of nitrogens with zero attached hydrogens (tertiary/aromatic N) is 3. The van der Waals surface area contributed by atoms with Crippen LogP contribution in [0.15, 0.2) is 35.4 Å². The molecule has 2 heterocycles. The summed E-state index contributed by atoms with van der Waals surface area (Å²) in [4.78, 5) is 26.8. The number of carbonyl (C=O) groups excluding carboxylic acids is 2. The second-order valence-electron chi connectivity index (χ2n) is 6.15. The Hall–Kier alpha value is -2.17. The average molecular weight is 313 g/mol. The number of rotatable bonds is 2. The zero-order valence-electron chi connectivity index (χ0n) is 13.4. The first-order chi connectivity index (χ1) is 11.3. The number of para-hydroxylation sites is 1. The summed E-state index contributed by atoms with van der Waals surface area (Å²) < 4.78 is 0. The van der Waals surface area contributed by atoms with Crippen molar-refractivity contribution in [2.75, 3.05) is 18.1 Å². The Kier molecular flexibility index (Phi) is 5.05. The standard InChI is InChI=1S/C18H23N3O2/c22-17-12-11-16(19-21(17)15-9-5-4-6-10-15)18(23)20-13-7-2-1-3-8-14-20/h4-6,9-10H,1-3,7-8,11-14H2. The van der Waals surface area contributed by atoms with Gasteiger partial charge in [-0.25, -0.2) is 5.01 Å². The zero-order chi connectivity index (χ0) is 16.1. The molecule has 1 aromatic carbocycles. The molecule has 2 aliphatic rings. The lowest BCUT2D eigenvalue weighted by molar-refractivity contribution is -0.124. The monoisotopic (exact) mass is 313 g/mol. The predicted octanol–water partition coefficient (Wildman–Crippen LogP) is 2.96. The lowest BCUT2D eigenvalue weighted by Crippen LogP contribution is -2.42. The molecule has 0 aromatic heterocycles. The van der Waals surface area contributed by atoms with Gasteiger partial charge in [0.1, 0.15) is 5.71 Å². The minimum atomic E-state index is -0.0552. The molecule has 0 atom stereocenters. The highest BCUT2D eigenvalue weighted by atomic mass is 16.2. The van der Waals surface area contributed by atoms with E-state index in [2.05, 4.69) is 5.10 Å². The SMILES string of the molecule is O=C(C1=NN(c2ccccc2)C(=O)CC1)N1CCCCCCC1. The summed E-state index contributed by atoms with van der Waals surface area (Å²) in [6.45, 7) is 1.61. The smallest absolute Gasteiger partial charge is 0.270 e. The minimum Gasteiger partial charge on any atom is -0.338 e. The van der Waals surface area contributed by atoms with Crippen LogP contribution in [0.1, 0.15) is 44.9 Å². The van der Waals surface area contributed by atoms with E-state index in [9.17, 15) is 9.59 Å². The van der Waals surface area contributed by atoms with Gasteiger partial charge in [-0.3, -0.25) is 9.59 Å². The molecule has 0 spiro atoms. The van der Waals surface area contributed by atoms with Gasteiger partial charge < -0.3 is 4.90 Å². The van der Waals surface area contributed by atoms with Crippen molar-refractivity contribution in [3.8, 4) is 0 Å². The van der Waals surface area contributed by atoms with Gasteiger partial charge in [0.2, 0.25) is 5.91 Å². The summed E-state index contributed by atoms with van der Waals surface area (Å²) in [5, 5.41) is 5.75. The summed E-state index contributed by atoms with van der Waals surface area (Å²) in [6, 6.07) is 9.31. The van der Waals surface area contributed by atoms with Gasteiger partial charge in [0.05, 0.1) is 5.69 Å². The van der Waals surface area contributed by atoms with Crippen LogP contribution in [0.25, 0.3) is 0 Å². The van der Waals surface area contributed by atoms with Gasteiger partial charge in [-0.05, 0) is 25.0 Å². The van der Waals surface area contributed by atoms with E-state index in [1.807, 2.05) is 35.2 Å². The van der Waals surface area contributed by atoms with Crippen molar-refractivity contribution in [1.29, 1.82) is 0 Å². The molecule has 0 bridgehead atoms. The largest absolute Gasteiger partial charge is 0.338 e. The third-order valence-electron chi connectivity index (χ3n) is 4.42. The number of carbonyl (C=O) groups is 2. The van der Waals surface area contributed by atoms with Crippen LogP contribution >= 0.6 is 0 Å². The highest BCUT2D eigenvalue weighted by Crippen LogP contribution is 2.21. The number of benzene rings is 1. The van der Waals surface area contributed by atoms with Crippen LogP contribution in [0, 0.1) is 0 Å². The lowest BCUT2D eigenvalue weighted by atomic mass is 10.1. The summed E-state index contributed by atoms with van der Waals surface area (Å²) in [7, 11) is 0. The van der Waals surface area contributed by atoms with E-state index < -0.39 is 0 Å². The van der Waals surface area contributed by atoms with Crippen molar-refractivity contribution in [3.05, 3.63) is 30.3 Å². The van der Waals surface area contributed by atoms with Crippen molar-refractivity contribution < 1.29 is 9.59 Å². The summed E-state index contributed by atoms with van der Waals surface area (Å²) >= 11 is 0. The van der Waals surface area contributed by atoms with E-state index in [0.29, 0.717) is 18.6 Å². The molecule has 0 unspecified atom stereocenters. The van der Waals surface area contributed by atoms with Gasteiger partial charge in [0.25, 0.3) is 5.91 Å². The third-order valence-corrected chi connectivity index (χ3v) is 4.42. The molecule has 0 aliphatic carbocycles. The molecule has 2 aliphatic heterocycles. The second-order valence-corrected chi connectivity index (χ2v) is 6.15. The summed E-state index contributed by atoms with van der Waals surface area (Å²) in [5.41, 5.74) is 1.23. The van der Waals surface area contributed by atoms with Gasteiger partial charge in [-0.2, -0.15) is 5.10 Å². The van der Waals surface area contributed by atoms with E-state index in [1.54, 1.807) is 0 Å². The molecule has 5 nitrogen and oxygen atoms in total. The highest BCUT2D eigenvalue weighted by molar-refractivity contribution is 6.40. The molecule has 1 saturated heterocycles. The Balaban J connectivity index is 1.78. The van der Waals surface area contributed by atoms with Crippen LogP contribution in [0.2, 0.25) is 0 Å². The van der Waals surface area contributed by atoms with Crippen LogP contribution in [-0.2, 0) is 9.59 Å². The first kappa shape index (κ1) is 15.7. The predicted molar refractivity (Wildman–Crippen MR) is 90.3 cm³/mol. The molecule has 122 valence electrons. The Morgan fingerprint density at radius 3 is 2.26 bits per heavy atom. The molecule has 5 heteroatoms. The summed E-state index contributed by atoms with van der Waals surface area (Å²) in [5.74, 6) is -0.0549. The first-order valence-electron chi connectivity index (χ1n) is 8.50. The number of hydrazone groups is 1. The maximum Gasteiger partial charge on any atom is 0.270 e. The van der Waals surface area contributed by atoms with Gasteiger partial charge in [-0.15, -0.1) is 0 Å². The molecule has 23 heavy (non-hydrogen) atoms. The van der Waals surface area contributed by atoms with Gasteiger partial charge in [0.15, 0.2) is 0 Å². The van der Waals surface area contributed by atoms with Crippen molar-refractivity contribution in [1.82, 2.24) is 4.90 Å². The number of amides is 2. The van der Waals surface area contributed by atoms with E-state index in [1.165, 1.54) is 24.3 Å². The normalized spacial score (nSPS) is 19.8. The molecule has 0 saturated carbocycles. The highest BCUT2D eigenvalue weighted by Gasteiger charge is 2.28. The average Bonchev–Trinajstić information content (AvgIpc) is 2.55. The lowest BCUT2D eigenvalue weighted by Gasteiger charge is -2.28. The Bertz CT molecular complexity index is 590. The van der Waals surface area contributed by atoms with Crippen molar-refractivity contribution in [2.45, 2.75) is 44.9 Å². The van der Waals surface area contributed by atoms with E-state index in [-0.39, 0.29) is 11.8 Å². The van der Waals surface area contributed by atoms with Gasteiger partial charge in [0, 0.05) is 25.9 Å². The fraction of sp³-hybridized carbons (Fsp3) is 0.500. The molecule has 2 amide bonds. The fourth-order valence-electron chi connectivity index (χ4n) is 3.11. The fourth-order valence-corrected chi connectivity index (χ4v) is 3.11. The number of anilines is 1. The number of hydrogen-bond acceptors (Lipinski definition) is 3. The molecular formula is C18H23N3O2. The van der Waals surface area contributed by atoms with Gasteiger partial charge in [-0.1, -0.05) is 37.5 Å². The Morgan fingerprint density at radius 1 is 0.913 bits per heavy atom. The Labute approximate surface area is 137 Å². The van der Waals surface area contributed by atoms with Crippen molar-refractivity contribution in [3.63, 3.8) is 0 Å². The van der Waals surface area contributed by atoms with Crippen LogP contribution in [0.4, 0.5) is 5.69 Å². The van der Waals surface area contributed by atoms with E-state index in [4.69, 9.17) is 0 Å². The quantitative estimate of drug-likeness (QED) is 0.843. The van der Waals surface area contributed by atoms with Crippen LogP contribution in [0.3, 0.4) is 0 Å². The van der Waals surface area contributed by atoms with E-state index in [0.717, 1.165) is 31.6 Å². The second kappa shape index (κ2) is 7.40. The van der Waals surface area contributed by atoms with Gasteiger partial charge >= 0.3 is 0 Å². The van der Waals surface area contributed by atoms with Crippen molar-refractivity contribution >= 4 is 23.2 Å². The molecule has 3 rings (SSSR count). The zero-order valence-corrected chi connectivity index (χ0v) is 13.4. The van der Waals surface area contributed by atoms with E-state index >= 15 is 0 Å². The maximum absolute atomic E-state index is 12.8. The molecule has 1 aromatic rings. The third kappa shape index (κ3) is 3.78. The molecular weight excluding hydrogens is 290 g/mol. The molecule has 1 fully saturated rings. The van der Waals surface area contributed by atoms with Crippen LogP contribution in [-0.4, -0.2) is 35.5 Å².